The Hall–Kier alpha value is -3.81. The molecule has 6 nitrogen and oxygen atoms in total. The second-order valence-corrected chi connectivity index (χ2v) is 8.52. The van der Waals surface area contributed by atoms with Gasteiger partial charge >= 0.3 is 0 Å². The zero-order valence-electron chi connectivity index (χ0n) is 17.9. The number of amides is 2. The molecule has 1 unspecified atom stereocenters. The summed E-state index contributed by atoms with van der Waals surface area (Å²) in [5, 5.41) is 7.79. The number of pyridine rings is 1. The molecule has 33 heavy (non-hydrogen) atoms. The number of rotatable bonds is 8. The average Bonchev–Trinajstić information content (AvgIpc) is 3.39. The summed E-state index contributed by atoms with van der Waals surface area (Å²) < 4.78 is 0. The van der Waals surface area contributed by atoms with Gasteiger partial charge in [-0.25, -0.2) is 0 Å². The van der Waals surface area contributed by atoms with E-state index in [1.54, 1.807) is 60.1 Å². The molecule has 0 saturated heterocycles. The summed E-state index contributed by atoms with van der Waals surface area (Å²) in [6.07, 6.45) is 3.39. The molecule has 2 amide bonds. The molecule has 0 aliphatic heterocycles. The van der Waals surface area contributed by atoms with Crippen LogP contribution in [0.5, 0.6) is 0 Å². The third-order valence-corrected chi connectivity index (χ3v) is 6.11. The number of nitrogens with two attached hydrogens (primary N) is 1. The quantitative estimate of drug-likeness (QED) is 0.356. The maximum absolute atomic E-state index is 12.4. The molecule has 0 aliphatic rings. The number of hydrogen-bond donors (Lipinski definition) is 3. The van der Waals surface area contributed by atoms with Crippen molar-refractivity contribution in [3.8, 4) is 10.4 Å². The monoisotopic (exact) mass is 456 g/mol. The van der Waals surface area contributed by atoms with Crippen LogP contribution in [0.4, 0.5) is 5.69 Å². The number of nitrogens with zero attached hydrogens (tertiary/aromatic N) is 1. The zero-order chi connectivity index (χ0) is 23.0. The highest BCUT2D eigenvalue weighted by Gasteiger charge is 2.13. The van der Waals surface area contributed by atoms with Gasteiger partial charge in [-0.1, -0.05) is 42.5 Å². The molecule has 2 aromatic heterocycles. The van der Waals surface area contributed by atoms with E-state index in [4.69, 9.17) is 5.73 Å². The van der Waals surface area contributed by atoms with Crippen molar-refractivity contribution >= 4 is 28.8 Å². The van der Waals surface area contributed by atoms with Gasteiger partial charge in [0.2, 0.25) is 5.91 Å². The van der Waals surface area contributed by atoms with Gasteiger partial charge in [0.05, 0.1) is 0 Å². The van der Waals surface area contributed by atoms with Gasteiger partial charge < -0.3 is 16.4 Å². The summed E-state index contributed by atoms with van der Waals surface area (Å²) in [4.78, 5) is 29.9. The molecule has 2 heterocycles. The molecule has 0 radical (unpaired) electrons. The fraction of sp³-hybridized carbons (Fsp3) is 0.115. The molecule has 4 rings (SSSR count). The molecule has 4 aromatic rings. The van der Waals surface area contributed by atoms with E-state index in [1.165, 1.54) is 10.4 Å². The Balaban J connectivity index is 1.26. The lowest BCUT2D eigenvalue weighted by atomic mass is 10.0. The Kier molecular flexibility index (Phi) is 7.24. The van der Waals surface area contributed by atoms with Gasteiger partial charge in [-0.2, -0.15) is 0 Å². The molecule has 0 saturated carbocycles. The lowest BCUT2D eigenvalue weighted by Gasteiger charge is -2.13. The number of nitrogens with one attached hydrogen (secondary N) is 2. The highest BCUT2D eigenvalue weighted by molar-refractivity contribution is 7.13. The SMILES string of the molecule is NC(CC(=O)NCc1ccc(-c2cccs2)cc1)c1ccc(C(=O)Nc2ccncc2)cc1. The minimum Gasteiger partial charge on any atom is -0.352 e. The third-order valence-electron chi connectivity index (χ3n) is 5.19. The summed E-state index contributed by atoms with van der Waals surface area (Å²) >= 11 is 1.70. The predicted molar refractivity (Wildman–Crippen MR) is 132 cm³/mol. The predicted octanol–water partition coefficient (Wildman–Crippen LogP) is 4.77. The lowest BCUT2D eigenvalue weighted by Crippen LogP contribution is -2.27. The molecule has 4 N–H and O–H groups in total. The van der Waals surface area contributed by atoms with Gasteiger partial charge in [-0.15, -0.1) is 11.3 Å². The van der Waals surface area contributed by atoms with E-state index >= 15 is 0 Å². The van der Waals surface area contributed by atoms with Crippen LogP contribution < -0.4 is 16.4 Å². The number of thiophene rings is 1. The number of anilines is 1. The Morgan fingerprint density at radius 2 is 1.67 bits per heavy atom. The summed E-state index contributed by atoms with van der Waals surface area (Å²) in [5.74, 6) is -0.339. The van der Waals surface area contributed by atoms with Gasteiger partial charge in [0, 0.05) is 47.5 Å². The van der Waals surface area contributed by atoms with Crippen molar-refractivity contribution in [1.29, 1.82) is 0 Å². The lowest BCUT2D eigenvalue weighted by molar-refractivity contribution is -0.121. The van der Waals surface area contributed by atoms with E-state index in [2.05, 4.69) is 39.2 Å². The van der Waals surface area contributed by atoms with E-state index in [0.29, 0.717) is 17.8 Å². The Bertz CT molecular complexity index is 1190. The average molecular weight is 457 g/mol. The maximum Gasteiger partial charge on any atom is 0.255 e. The van der Waals surface area contributed by atoms with Crippen LogP contribution >= 0.6 is 11.3 Å². The van der Waals surface area contributed by atoms with Crippen LogP contribution in [0, 0.1) is 0 Å². The van der Waals surface area contributed by atoms with Crippen molar-refractivity contribution in [2.75, 3.05) is 5.32 Å². The molecule has 7 heteroatoms. The van der Waals surface area contributed by atoms with Crippen LogP contribution in [0.25, 0.3) is 10.4 Å². The van der Waals surface area contributed by atoms with Gasteiger partial charge in [0.1, 0.15) is 0 Å². The number of carbonyl (C=O) groups is 2. The van der Waals surface area contributed by atoms with Crippen LogP contribution in [0.1, 0.15) is 33.9 Å². The second-order valence-electron chi connectivity index (χ2n) is 7.57. The summed E-state index contributed by atoms with van der Waals surface area (Å²) in [5.41, 5.74) is 10.4. The van der Waals surface area contributed by atoms with Crippen LogP contribution in [0.2, 0.25) is 0 Å². The molecule has 0 aliphatic carbocycles. The molecule has 166 valence electrons. The minimum absolute atomic E-state index is 0.121. The molecule has 2 aromatic carbocycles. The largest absolute Gasteiger partial charge is 0.352 e. The number of hydrogen-bond acceptors (Lipinski definition) is 5. The van der Waals surface area contributed by atoms with Gasteiger partial charge in [-0.3, -0.25) is 14.6 Å². The standard InChI is InChI=1S/C26H24N4O2S/c27-23(19-7-9-21(10-8-19)26(32)30-22-11-13-28-14-12-22)16-25(31)29-17-18-3-5-20(6-4-18)24-2-1-15-33-24/h1-15,23H,16-17,27H2,(H,29,31)(H,28,30,32). The van der Waals surface area contributed by atoms with E-state index in [0.717, 1.165) is 11.1 Å². The van der Waals surface area contributed by atoms with E-state index in [-0.39, 0.29) is 18.2 Å². The zero-order valence-corrected chi connectivity index (χ0v) is 18.7. The first-order chi connectivity index (χ1) is 16.1. The first kappa shape index (κ1) is 22.4. The van der Waals surface area contributed by atoms with E-state index in [9.17, 15) is 9.59 Å². The molecule has 0 spiro atoms. The first-order valence-electron chi connectivity index (χ1n) is 10.5. The minimum atomic E-state index is -0.455. The topological polar surface area (TPSA) is 97.1 Å². The smallest absolute Gasteiger partial charge is 0.255 e. The Morgan fingerprint density at radius 3 is 2.33 bits per heavy atom. The molecular weight excluding hydrogens is 432 g/mol. The summed E-state index contributed by atoms with van der Waals surface area (Å²) in [7, 11) is 0. The van der Waals surface area contributed by atoms with Crippen LogP contribution in [-0.2, 0) is 11.3 Å². The van der Waals surface area contributed by atoms with Crippen LogP contribution in [-0.4, -0.2) is 16.8 Å². The van der Waals surface area contributed by atoms with Crippen molar-refractivity contribution in [1.82, 2.24) is 10.3 Å². The highest BCUT2D eigenvalue weighted by atomic mass is 32.1. The summed E-state index contributed by atoms with van der Waals surface area (Å²) in [6.45, 7) is 0.449. The van der Waals surface area contributed by atoms with Crippen molar-refractivity contribution in [3.63, 3.8) is 0 Å². The third kappa shape index (κ3) is 6.12. The second kappa shape index (κ2) is 10.7. The van der Waals surface area contributed by atoms with Crippen molar-refractivity contribution in [2.24, 2.45) is 5.73 Å². The highest BCUT2D eigenvalue weighted by Crippen LogP contribution is 2.24. The van der Waals surface area contributed by atoms with Crippen molar-refractivity contribution in [3.05, 3.63) is 107 Å². The molecular formula is C26H24N4O2S. The fourth-order valence-corrected chi connectivity index (χ4v) is 4.07. The van der Waals surface area contributed by atoms with E-state index < -0.39 is 6.04 Å². The molecule has 1 atom stereocenters. The normalized spacial score (nSPS) is 11.5. The van der Waals surface area contributed by atoms with Crippen LogP contribution in [0.15, 0.2) is 90.6 Å². The number of benzene rings is 2. The van der Waals surface area contributed by atoms with Crippen LogP contribution in [0.3, 0.4) is 0 Å². The van der Waals surface area contributed by atoms with Gasteiger partial charge in [0.15, 0.2) is 0 Å². The number of aromatic nitrogens is 1. The van der Waals surface area contributed by atoms with Crippen molar-refractivity contribution in [2.45, 2.75) is 19.0 Å². The first-order valence-corrected chi connectivity index (χ1v) is 11.4. The molecule has 0 bridgehead atoms. The Morgan fingerprint density at radius 1 is 0.939 bits per heavy atom. The van der Waals surface area contributed by atoms with Gasteiger partial charge in [-0.05, 0) is 52.4 Å². The molecule has 0 fully saturated rings. The fourth-order valence-electron chi connectivity index (χ4n) is 3.34. The van der Waals surface area contributed by atoms with Gasteiger partial charge in [0.25, 0.3) is 5.91 Å². The maximum atomic E-state index is 12.4. The summed E-state index contributed by atoms with van der Waals surface area (Å²) in [6, 6.07) is 22.2. The number of carbonyl (C=O) groups excluding carboxylic acids is 2. The van der Waals surface area contributed by atoms with E-state index in [1.807, 2.05) is 18.2 Å². The Labute approximate surface area is 196 Å². The van der Waals surface area contributed by atoms with Crippen molar-refractivity contribution < 1.29 is 9.59 Å².